The lowest BCUT2D eigenvalue weighted by atomic mass is 10.0. The molecule has 3 aliphatic rings. The second-order valence-electron chi connectivity index (χ2n) is 9.15. The molecule has 2 saturated heterocycles. The average Bonchev–Trinajstić information content (AvgIpc) is 3.14. The molecule has 2 N–H and O–H groups in total. The molecular weight excluding hydrogens is 388 g/mol. The van der Waals surface area contributed by atoms with E-state index in [1.54, 1.807) is 0 Å². The van der Waals surface area contributed by atoms with E-state index in [1.165, 1.54) is 22.2 Å². The van der Waals surface area contributed by atoms with Crippen LogP contribution in [0, 0.1) is 6.92 Å². The zero-order valence-corrected chi connectivity index (χ0v) is 18.3. The highest BCUT2D eigenvalue weighted by Crippen LogP contribution is 2.33. The van der Waals surface area contributed by atoms with E-state index in [0.717, 1.165) is 75.1 Å². The van der Waals surface area contributed by atoms with Crippen molar-refractivity contribution in [2.45, 2.75) is 38.9 Å². The summed E-state index contributed by atoms with van der Waals surface area (Å²) in [6.07, 6.45) is 3.03. The normalized spacial score (nSPS) is 22.5. The smallest absolute Gasteiger partial charge is 0.162 e. The predicted octanol–water partition coefficient (Wildman–Crippen LogP) is 2.49. The van der Waals surface area contributed by atoms with Crippen molar-refractivity contribution in [3.05, 3.63) is 41.2 Å². The number of aromatic nitrogens is 3. The number of H-pyrrole nitrogens is 1. The molecule has 0 aliphatic carbocycles. The Bertz CT molecular complexity index is 1120. The number of rotatable bonds is 3. The molecule has 1 aromatic carbocycles. The zero-order valence-electron chi connectivity index (χ0n) is 18.3. The topological polar surface area (TPSA) is 69.3 Å². The molecule has 31 heavy (non-hydrogen) atoms. The fourth-order valence-corrected chi connectivity index (χ4v) is 5.37. The fraction of sp³-hybridized carbons (Fsp3) is 0.500. The predicted molar refractivity (Wildman–Crippen MR) is 122 cm³/mol. The summed E-state index contributed by atoms with van der Waals surface area (Å²) in [5, 5.41) is 4.76. The Balaban J connectivity index is 1.41. The number of aromatic amines is 1. The maximum atomic E-state index is 5.44. The maximum absolute atomic E-state index is 5.44. The fourth-order valence-electron chi connectivity index (χ4n) is 5.37. The van der Waals surface area contributed by atoms with Gasteiger partial charge in [-0.05, 0) is 25.5 Å². The third-order valence-electron chi connectivity index (χ3n) is 7.12. The molecule has 0 saturated carbocycles. The number of ether oxygens (including phenoxy) is 1. The van der Waals surface area contributed by atoms with Crippen molar-refractivity contribution < 1.29 is 4.74 Å². The molecule has 0 unspecified atom stereocenters. The van der Waals surface area contributed by atoms with Crippen LogP contribution in [0.4, 0.5) is 5.82 Å². The van der Waals surface area contributed by atoms with Gasteiger partial charge in [0.05, 0.1) is 24.9 Å². The zero-order chi connectivity index (χ0) is 20.9. The molecule has 3 aliphatic heterocycles. The number of nitrogens with one attached hydrogen (secondary N) is 2. The van der Waals surface area contributed by atoms with Crippen molar-refractivity contribution >= 4 is 16.7 Å². The number of fused-ring (bicyclic) bond motifs is 2. The summed E-state index contributed by atoms with van der Waals surface area (Å²) in [5.41, 5.74) is 5.98. The van der Waals surface area contributed by atoms with Crippen LogP contribution in [0.2, 0.25) is 0 Å². The first-order valence-electron chi connectivity index (χ1n) is 11.4. The Morgan fingerprint density at radius 2 is 2.06 bits per heavy atom. The first kappa shape index (κ1) is 19.2. The summed E-state index contributed by atoms with van der Waals surface area (Å²) in [5.74, 6) is 1.97. The monoisotopic (exact) mass is 418 g/mol. The van der Waals surface area contributed by atoms with E-state index < -0.39 is 0 Å². The number of aryl methyl sites for hydroxylation is 1. The Kier molecular flexibility index (Phi) is 4.70. The minimum atomic E-state index is 0.489. The van der Waals surface area contributed by atoms with Crippen LogP contribution >= 0.6 is 0 Å². The highest BCUT2D eigenvalue weighted by atomic mass is 16.5. The SMILES string of the molecule is Cc1c[nH]c2cccc(-c3nc4c(c(N5CCN(C6COC6)[C@H](C)C5)n3)CNCC4)c12. The minimum Gasteiger partial charge on any atom is -0.378 e. The van der Waals surface area contributed by atoms with Crippen molar-refractivity contribution in [1.29, 1.82) is 0 Å². The molecule has 0 radical (unpaired) electrons. The van der Waals surface area contributed by atoms with Crippen LogP contribution in [0.3, 0.4) is 0 Å². The number of nitrogens with zero attached hydrogens (tertiary/aromatic N) is 4. The van der Waals surface area contributed by atoms with Crippen molar-refractivity contribution in [1.82, 2.24) is 25.2 Å². The second kappa shape index (κ2) is 7.58. The van der Waals surface area contributed by atoms with E-state index >= 15 is 0 Å². The van der Waals surface area contributed by atoms with Gasteiger partial charge in [-0.15, -0.1) is 0 Å². The lowest BCUT2D eigenvalue weighted by Crippen LogP contribution is -2.61. The molecule has 7 nitrogen and oxygen atoms in total. The van der Waals surface area contributed by atoms with Crippen LogP contribution in [-0.4, -0.2) is 71.3 Å². The Labute approximate surface area is 182 Å². The van der Waals surface area contributed by atoms with Gasteiger partial charge in [-0.3, -0.25) is 4.90 Å². The maximum Gasteiger partial charge on any atom is 0.162 e. The molecule has 6 rings (SSSR count). The number of hydrogen-bond acceptors (Lipinski definition) is 6. The van der Waals surface area contributed by atoms with E-state index in [9.17, 15) is 0 Å². The summed E-state index contributed by atoms with van der Waals surface area (Å²) in [6, 6.07) is 7.46. The van der Waals surface area contributed by atoms with Gasteiger partial charge in [0.15, 0.2) is 5.82 Å². The van der Waals surface area contributed by atoms with Crippen LogP contribution in [0.15, 0.2) is 24.4 Å². The summed E-state index contributed by atoms with van der Waals surface area (Å²) in [6.45, 7) is 11.1. The number of piperazine rings is 1. The molecule has 2 aromatic heterocycles. The van der Waals surface area contributed by atoms with E-state index in [1.807, 2.05) is 0 Å². The van der Waals surface area contributed by atoms with Crippen LogP contribution in [-0.2, 0) is 17.7 Å². The van der Waals surface area contributed by atoms with Crippen molar-refractivity contribution in [3.8, 4) is 11.4 Å². The van der Waals surface area contributed by atoms with Crippen molar-refractivity contribution in [2.75, 3.05) is 44.3 Å². The number of benzene rings is 1. The van der Waals surface area contributed by atoms with Gasteiger partial charge in [0.1, 0.15) is 5.82 Å². The van der Waals surface area contributed by atoms with Gasteiger partial charge in [-0.1, -0.05) is 12.1 Å². The quantitative estimate of drug-likeness (QED) is 0.681. The third-order valence-corrected chi connectivity index (χ3v) is 7.12. The molecule has 0 spiro atoms. The molecular formula is C24H30N6O. The van der Waals surface area contributed by atoms with E-state index in [2.05, 4.69) is 58.3 Å². The third kappa shape index (κ3) is 3.23. The summed E-state index contributed by atoms with van der Waals surface area (Å²) in [7, 11) is 0. The van der Waals surface area contributed by atoms with Crippen LogP contribution in [0.5, 0.6) is 0 Å². The minimum absolute atomic E-state index is 0.489. The Morgan fingerprint density at radius 1 is 1.16 bits per heavy atom. The highest BCUT2D eigenvalue weighted by molar-refractivity contribution is 5.96. The number of hydrogen-bond donors (Lipinski definition) is 2. The lowest BCUT2D eigenvalue weighted by Gasteiger charge is -2.47. The lowest BCUT2D eigenvalue weighted by molar-refractivity contribution is -0.0793. The van der Waals surface area contributed by atoms with Gasteiger partial charge in [0.25, 0.3) is 0 Å². The van der Waals surface area contributed by atoms with Gasteiger partial charge in [-0.25, -0.2) is 9.97 Å². The molecule has 3 aromatic rings. The van der Waals surface area contributed by atoms with Gasteiger partial charge in [0, 0.05) is 73.4 Å². The van der Waals surface area contributed by atoms with Crippen LogP contribution in [0.25, 0.3) is 22.3 Å². The standard InChI is InChI=1S/C24H30N6O/c1-15-10-26-21-5-3-4-18(22(15)21)23-27-20-6-7-25-11-19(20)24(28-23)29-8-9-30(16(2)12-29)17-13-31-14-17/h3-5,10,16-17,25-26H,6-9,11-14H2,1-2H3/t16-/m1/s1. The molecule has 2 fully saturated rings. The molecule has 5 heterocycles. The van der Waals surface area contributed by atoms with Gasteiger partial charge in [0.2, 0.25) is 0 Å². The average molecular weight is 419 g/mol. The van der Waals surface area contributed by atoms with E-state index in [-0.39, 0.29) is 0 Å². The first-order chi connectivity index (χ1) is 15.2. The van der Waals surface area contributed by atoms with Crippen molar-refractivity contribution in [3.63, 3.8) is 0 Å². The molecule has 0 amide bonds. The summed E-state index contributed by atoms with van der Waals surface area (Å²) >= 11 is 0. The molecule has 7 heteroatoms. The van der Waals surface area contributed by atoms with Crippen LogP contribution in [0.1, 0.15) is 23.7 Å². The van der Waals surface area contributed by atoms with E-state index in [4.69, 9.17) is 14.7 Å². The summed E-state index contributed by atoms with van der Waals surface area (Å²) in [4.78, 5) is 18.8. The van der Waals surface area contributed by atoms with Gasteiger partial charge >= 0.3 is 0 Å². The Hall–Kier alpha value is -2.48. The first-order valence-corrected chi connectivity index (χ1v) is 11.4. The van der Waals surface area contributed by atoms with Crippen LogP contribution < -0.4 is 10.2 Å². The molecule has 0 bridgehead atoms. The molecule has 162 valence electrons. The highest BCUT2D eigenvalue weighted by Gasteiger charge is 2.35. The largest absolute Gasteiger partial charge is 0.378 e. The van der Waals surface area contributed by atoms with E-state index in [0.29, 0.717) is 12.1 Å². The number of anilines is 1. The Morgan fingerprint density at radius 3 is 2.87 bits per heavy atom. The van der Waals surface area contributed by atoms with Gasteiger partial charge < -0.3 is 19.9 Å². The molecule has 1 atom stereocenters. The van der Waals surface area contributed by atoms with Gasteiger partial charge in [-0.2, -0.15) is 0 Å². The summed E-state index contributed by atoms with van der Waals surface area (Å²) < 4.78 is 5.44. The second-order valence-corrected chi connectivity index (χ2v) is 9.15. The van der Waals surface area contributed by atoms with Crippen molar-refractivity contribution in [2.24, 2.45) is 0 Å².